The molecule has 2 heterocycles. The summed E-state index contributed by atoms with van der Waals surface area (Å²) in [6, 6.07) is 8.46. The molecule has 0 N–H and O–H groups in total. The van der Waals surface area contributed by atoms with Gasteiger partial charge in [-0.05, 0) is 18.2 Å². The maximum Gasteiger partial charge on any atom is 0.417 e. The van der Waals surface area contributed by atoms with E-state index in [-0.39, 0.29) is 17.0 Å². The first kappa shape index (κ1) is 17.7. The first-order chi connectivity index (χ1) is 11.9. The lowest BCUT2D eigenvalue weighted by atomic mass is 10.2. The molecule has 0 bridgehead atoms. The molecule has 3 rings (SSSR count). The molecular weight excluding hydrogens is 357 g/mol. The Morgan fingerprint density at radius 3 is 2.72 bits per heavy atom. The fourth-order valence-corrected chi connectivity index (χ4v) is 2.97. The van der Waals surface area contributed by atoms with Crippen molar-refractivity contribution in [1.29, 1.82) is 0 Å². The van der Waals surface area contributed by atoms with Gasteiger partial charge in [0.1, 0.15) is 16.9 Å². The molecule has 2 aromatic rings. The van der Waals surface area contributed by atoms with Gasteiger partial charge in [-0.3, -0.25) is 0 Å². The fraction of sp³-hybridized carbons (Fsp3) is 0.353. The van der Waals surface area contributed by atoms with E-state index < -0.39 is 11.7 Å². The molecule has 0 amide bonds. The van der Waals surface area contributed by atoms with Crippen molar-refractivity contribution in [2.75, 3.05) is 25.1 Å². The van der Waals surface area contributed by atoms with Crippen LogP contribution in [0.2, 0.25) is 5.02 Å². The van der Waals surface area contributed by atoms with Gasteiger partial charge in [0.15, 0.2) is 0 Å². The number of benzene rings is 1. The predicted molar refractivity (Wildman–Crippen MR) is 88.5 cm³/mol. The third-order valence-corrected chi connectivity index (χ3v) is 4.25. The minimum atomic E-state index is -4.48. The zero-order valence-corrected chi connectivity index (χ0v) is 14.1. The van der Waals surface area contributed by atoms with Crippen LogP contribution in [0.15, 0.2) is 36.5 Å². The zero-order valence-electron chi connectivity index (χ0n) is 13.4. The predicted octanol–water partition coefficient (Wildman–Crippen LogP) is 4.42. The van der Waals surface area contributed by atoms with Gasteiger partial charge in [-0.15, -0.1) is 0 Å². The number of hydrogen-bond donors (Lipinski definition) is 0. The van der Waals surface area contributed by atoms with E-state index >= 15 is 0 Å². The molecule has 1 aliphatic rings. The zero-order chi connectivity index (χ0) is 18.0. The Bertz CT molecular complexity index is 755. The first-order valence-electron chi connectivity index (χ1n) is 7.66. The summed E-state index contributed by atoms with van der Waals surface area (Å²) >= 11 is 5.89. The Balaban J connectivity index is 1.69. The highest BCUT2D eigenvalue weighted by Crippen LogP contribution is 2.35. The number of rotatable bonds is 4. The minimum Gasteiger partial charge on any atom is -0.495 e. The molecule has 1 atom stereocenters. The summed E-state index contributed by atoms with van der Waals surface area (Å²) in [4.78, 5) is 5.82. The van der Waals surface area contributed by atoms with Crippen molar-refractivity contribution in [2.24, 2.45) is 0 Å². The lowest BCUT2D eigenvalue weighted by Crippen LogP contribution is -2.25. The molecule has 134 valence electrons. The molecule has 0 aliphatic carbocycles. The van der Waals surface area contributed by atoms with E-state index in [0.717, 1.165) is 30.2 Å². The molecule has 0 saturated carbocycles. The number of alkyl halides is 3. The van der Waals surface area contributed by atoms with Crippen molar-refractivity contribution < 1.29 is 22.6 Å². The van der Waals surface area contributed by atoms with Gasteiger partial charge in [-0.25, -0.2) is 4.98 Å². The molecule has 1 unspecified atom stereocenters. The molecule has 0 spiro atoms. The van der Waals surface area contributed by atoms with Gasteiger partial charge in [0.25, 0.3) is 0 Å². The number of para-hydroxylation sites is 2. The average molecular weight is 373 g/mol. The van der Waals surface area contributed by atoms with Crippen LogP contribution in [-0.2, 0) is 6.18 Å². The summed E-state index contributed by atoms with van der Waals surface area (Å²) in [5.74, 6) is 0.774. The van der Waals surface area contributed by atoms with E-state index in [4.69, 9.17) is 21.1 Å². The van der Waals surface area contributed by atoms with Crippen LogP contribution >= 0.6 is 11.6 Å². The molecular formula is C17H16ClF3N2O2. The Labute approximate surface area is 148 Å². The number of hydrogen-bond acceptors (Lipinski definition) is 4. The van der Waals surface area contributed by atoms with Crippen LogP contribution in [0, 0.1) is 0 Å². The number of aromatic nitrogens is 1. The average Bonchev–Trinajstić information content (AvgIpc) is 3.04. The standard InChI is InChI=1S/C17H16ClF3N2O2/c1-24-15-5-3-2-4-14(15)23-7-6-12(10-23)25-16-13(18)8-11(9-22-16)17(19,20)21/h2-5,8-9,12H,6-7,10H2,1H3. The molecule has 8 heteroatoms. The maximum atomic E-state index is 12.7. The van der Waals surface area contributed by atoms with Crippen LogP contribution in [0.1, 0.15) is 12.0 Å². The molecule has 1 aliphatic heterocycles. The normalized spacial score (nSPS) is 17.6. The molecule has 1 saturated heterocycles. The van der Waals surface area contributed by atoms with E-state index in [2.05, 4.69) is 9.88 Å². The maximum absolute atomic E-state index is 12.7. The Morgan fingerprint density at radius 2 is 2.04 bits per heavy atom. The lowest BCUT2D eigenvalue weighted by molar-refractivity contribution is -0.137. The van der Waals surface area contributed by atoms with Gasteiger partial charge >= 0.3 is 6.18 Å². The number of methoxy groups -OCH3 is 1. The van der Waals surface area contributed by atoms with E-state index in [9.17, 15) is 13.2 Å². The van der Waals surface area contributed by atoms with Gasteiger partial charge in [-0.2, -0.15) is 13.2 Å². The molecule has 1 aromatic carbocycles. The number of halogens is 4. The summed E-state index contributed by atoms with van der Waals surface area (Å²) in [7, 11) is 1.61. The third kappa shape index (κ3) is 3.92. The Hall–Kier alpha value is -2.15. The summed E-state index contributed by atoms with van der Waals surface area (Å²) in [6.07, 6.45) is -3.26. The van der Waals surface area contributed by atoms with Crippen LogP contribution < -0.4 is 14.4 Å². The van der Waals surface area contributed by atoms with E-state index in [0.29, 0.717) is 13.0 Å². The molecule has 1 aromatic heterocycles. The monoisotopic (exact) mass is 372 g/mol. The van der Waals surface area contributed by atoms with Crippen molar-refractivity contribution in [1.82, 2.24) is 4.98 Å². The number of nitrogens with zero attached hydrogens (tertiary/aromatic N) is 2. The van der Waals surface area contributed by atoms with Crippen molar-refractivity contribution in [2.45, 2.75) is 18.7 Å². The molecule has 1 fully saturated rings. The van der Waals surface area contributed by atoms with Gasteiger partial charge in [-0.1, -0.05) is 23.7 Å². The summed E-state index contributed by atoms with van der Waals surface area (Å²) < 4.78 is 49.0. The first-order valence-corrected chi connectivity index (χ1v) is 8.03. The summed E-state index contributed by atoms with van der Waals surface area (Å²) in [5.41, 5.74) is 0.0505. The summed E-state index contributed by atoms with van der Waals surface area (Å²) in [6.45, 7) is 1.31. The Morgan fingerprint density at radius 1 is 1.28 bits per heavy atom. The largest absolute Gasteiger partial charge is 0.495 e. The topological polar surface area (TPSA) is 34.6 Å². The van der Waals surface area contributed by atoms with Crippen LogP contribution in [0.25, 0.3) is 0 Å². The highest BCUT2D eigenvalue weighted by molar-refractivity contribution is 6.31. The van der Waals surface area contributed by atoms with Crippen molar-refractivity contribution >= 4 is 17.3 Å². The summed E-state index contributed by atoms with van der Waals surface area (Å²) in [5, 5.41) is -0.148. The fourth-order valence-electron chi connectivity index (χ4n) is 2.76. The van der Waals surface area contributed by atoms with Crippen LogP contribution in [0.4, 0.5) is 18.9 Å². The third-order valence-electron chi connectivity index (χ3n) is 3.98. The highest BCUT2D eigenvalue weighted by atomic mass is 35.5. The van der Waals surface area contributed by atoms with Crippen molar-refractivity contribution in [3.05, 3.63) is 47.1 Å². The number of anilines is 1. The number of pyridine rings is 1. The second-order valence-corrected chi connectivity index (χ2v) is 6.06. The second kappa shape index (κ2) is 7.00. The van der Waals surface area contributed by atoms with Crippen molar-refractivity contribution in [3.63, 3.8) is 0 Å². The van der Waals surface area contributed by atoms with Gasteiger partial charge in [0, 0.05) is 19.2 Å². The smallest absolute Gasteiger partial charge is 0.417 e. The second-order valence-electron chi connectivity index (χ2n) is 5.66. The van der Waals surface area contributed by atoms with Crippen LogP contribution in [-0.4, -0.2) is 31.3 Å². The van der Waals surface area contributed by atoms with Crippen LogP contribution in [0.3, 0.4) is 0 Å². The van der Waals surface area contributed by atoms with E-state index in [1.54, 1.807) is 7.11 Å². The lowest BCUT2D eigenvalue weighted by Gasteiger charge is -2.21. The van der Waals surface area contributed by atoms with E-state index in [1.807, 2.05) is 24.3 Å². The molecule has 0 radical (unpaired) electrons. The van der Waals surface area contributed by atoms with Crippen LogP contribution in [0.5, 0.6) is 11.6 Å². The molecule has 4 nitrogen and oxygen atoms in total. The van der Waals surface area contributed by atoms with Crippen molar-refractivity contribution in [3.8, 4) is 11.6 Å². The Kier molecular flexibility index (Phi) is 4.94. The van der Waals surface area contributed by atoms with Gasteiger partial charge < -0.3 is 14.4 Å². The molecule has 25 heavy (non-hydrogen) atoms. The van der Waals surface area contributed by atoms with E-state index in [1.165, 1.54) is 0 Å². The quantitative estimate of drug-likeness (QED) is 0.795. The highest BCUT2D eigenvalue weighted by Gasteiger charge is 2.32. The number of ether oxygens (including phenoxy) is 2. The van der Waals surface area contributed by atoms with Gasteiger partial charge in [0.2, 0.25) is 5.88 Å². The SMILES string of the molecule is COc1ccccc1N1CCC(Oc2ncc(C(F)(F)F)cc2Cl)C1. The minimum absolute atomic E-state index is 0.0153. The van der Waals surface area contributed by atoms with Gasteiger partial charge in [0.05, 0.1) is 24.9 Å².